The van der Waals surface area contributed by atoms with Gasteiger partial charge in [0.1, 0.15) is 4.34 Å². The smallest absolute Gasteiger partial charge is 0.341 e. The van der Waals surface area contributed by atoms with Gasteiger partial charge in [0.15, 0.2) is 6.61 Å². The molecule has 1 saturated heterocycles. The van der Waals surface area contributed by atoms with Gasteiger partial charge in [0.2, 0.25) is 0 Å². The molecule has 1 aromatic heterocycles. The van der Waals surface area contributed by atoms with Gasteiger partial charge in [-0.25, -0.2) is 4.79 Å². The molecule has 2 aromatic rings. The van der Waals surface area contributed by atoms with E-state index in [9.17, 15) is 9.59 Å². The van der Waals surface area contributed by atoms with E-state index in [2.05, 4.69) is 10.2 Å². The highest BCUT2D eigenvalue weighted by atomic mass is 35.5. The maximum Gasteiger partial charge on any atom is 0.341 e. The molecule has 2 heterocycles. The number of thiophene rings is 1. The van der Waals surface area contributed by atoms with Crippen molar-refractivity contribution in [1.29, 1.82) is 0 Å². The van der Waals surface area contributed by atoms with Crippen molar-refractivity contribution in [3.8, 4) is 0 Å². The van der Waals surface area contributed by atoms with Crippen molar-refractivity contribution >= 4 is 52.1 Å². The average molecular weight is 429 g/mol. The van der Waals surface area contributed by atoms with Gasteiger partial charge < -0.3 is 14.8 Å². The standard InChI is InChI=1S/C18H18Cl2N2O4S/c19-15-9-14(17(20)27-15)18(24)26-11-16(23)21-13-3-1-12(2-4-13)10-22-5-7-25-8-6-22/h1-4,9H,5-8,10-11H2,(H,21,23). The van der Waals surface area contributed by atoms with Crippen LogP contribution in [-0.2, 0) is 20.8 Å². The van der Waals surface area contributed by atoms with Crippen molar-refractivity contribution in [3.05, 3.63) is 50.1 Å². The molecule has 0 spiro atoms. The normalized spacial score (nSPS) is 14.7. The van der Waals surface area contributed by atoms with Crippen LogP contribution in [0.5, 0.6) is 0 Å². The van der Waals surface area contributed by atoms with Crippen LogP contribution in [0.2, 0.25) is 8.67 Å². The minimum absolute atomic E-state index is 0.159. The topological polar surface area (TPSA) is 67.9 Å². The third-order valence-corrected chi connectivity index (χ3v) is 5.45. The zero-order valence-electron chi connectivity index (χ0n) is 14.4. The highest BCUT2D eigenvalue weighted by molar-refractivity contribution is 7.20. The number of morpholine rings is 1. The molecule has 0 radical (unpaired) electrons. The Labute approximate surface area is 171 Å². The minimum Gasteiger partial charge on any atom is -0.452 e. The van der Waals surface area contributed by atoms with E-state index >= 15 is 0 Å². The van der Waals surface area contributed by atoms with Crippen molar-refractivity contribution < 1.29 is 19.1 Å². The van der Waals surface area contributed by atoms with Crippen LogP contribution in [0.1, 0.15) is 15.9 Å². The fraction of sp³-hybridized carbons (Fsp3) is 0.333. The van der Waals surface area contributed by atoms with Crippen LogP contribution in [0, 0.1) is 0 Å². The molecule has 3 rings (SSSR count). The number of nitrogens with one attached hydrogen (secondary N) is 1. The first-order chi connectivity index (χ1) is 13.0. The number of rotatable bonds is 6. The van der Waals surface area contributed by atoms with E-state index in [-0.39, 0.29) is 9.90 Å². The van der Waals surface area contributed by atoms with Gasteiger partial charge in [-0.2, -0.15) is 0 Å². The Hall–Kier alpha value is -1.64. The van der Waals surface area contributed by atoms with Crippen LogP contribution in [0.3, 0.4) is 0 Å². The van der Waals surface area contributed by atoms with Gasteiger partial charge in [-0.1, -0.05) is 35.3 Å². The van der Waals surface area contributed by atoms with E-state index in [1.54, 1.807) is 0 Å². The van der Waals surface area contributed by atoms with Gasteiger partial charge in [0.25, 0.3) is 5.91 Å². The monoisotopic (exact) mass is 428 g/mol. The lowest BCUT2D eigenvalue weighted by Gasteiger charge is -2.26. The van der Waals surface area contributed by atoms with E-state index < -0.39 is 18.5 Å². The van der Waals surface area contributed by atoms with Gasteiger partial charge in [0.05, 0.1) is 23.1 Å². The Kier molecular flexibility index (Phi) is 7.09. The lowest BCUT2D eigenvalue weighted by atomic mass is 10.2. The Morgan fingerprint density at radius 1 is 1.19 bits per heavy atom. The summed E-state index contributed by atoms with van der Waals surface area (Å²) >= 11 is 12.8. The molecule has 144 valence electrons. The maximum absolute atomic E-state index is 12.0. The second-order valence-corrected chi connectivity index (χ2v) is 8.23. The van der Waals surface area contributed by atoms with Gasteiger partial charge in [-0.15, -0.1) is 11.3 Å². The Balaban J connectivity index is 1.46. The molecule has 0 unspecified atom stereocenters. The third-order valence-electron chi connectivity index (χ3n) is 3.96. The second-order valence-electron chi connectivity index (χ2n) is 5.95. The molecule has 27 heavy (non-hydrogen) atoms. The SMILES string of the molecule is O=C(COC(=O)c1cc(Cl)sc1Cl)Nc1ccc(CN2CCOCC2)cc1. The first kappa shape index (κ1) is 20.1. The number of ether oxygens (including phenoxy) is 2. The summed E-state index contributed by atoms with van der Waals surface area (Å²) in [5, 5.41) is 2.69. The number of benzene rings is 1. The highest BCUT2D eigenvalue weighted by Gasteiger charge is 2.17. The zero-order chi connectivity index (χ0) is 19.2. The van der Waals surface area contributed by atoms with Gasteiger partial charge in [-0.3, -0.25) is 9.69 Å². The molecule has 1 fully saturated rings. The minimum atomic E-state index is -0.681. The van der Waals surface area contributed by atoms with Crippen molar-refractivity contribution in [2.45, 2.75) is 6.54 Å². The van der Waals surface area contributed by atoms with Crippen molar-refractivity contribution in [3.63, 3.8) is 0 Å². The van der Waals surface area contributed by atoms with Crippen LogP contribution in [0.15, 0.2) is 30.3 Å². The Bertz CT molecular complexity index is 804. The summed E-state index contributed by atoms with van der Waals surface area (Å²) in [6.45, 7) is 3.80. The number of anilines is 1. The summed E-state index contributed by atoms with van der Waals surface area (Å²) < 4.78 is 10.9. The molecule has 0 saturated carbocycles. The molecule has 0 bridgehead atoms. The van der Waals surface area contributed by atoms with Gasteiger partial charge in [-0.05, 0) is 23.8 Å². The summed E-state index contributed by atoms with van der Waals surface area (Å²) in [6.07, 6.45) is 0. The summed E-state index contributed by atoms with van der Waals surface area (Å²) in [7, 11) is 0. The van der Waals surface area contributed by atoms with Crippen molar-refractivity contribution in [1.82, 2.24) is 4.90 Å². The first-order valence-corrected chi connectivity index (χ1v) is 9.89. The van der Waals surface area contributed by atoms with Crippen LogP contribution < -0.4 is 5.32 Å². The molecule has 1 aliphatic rings. The number of carbonyl (C=O) groups is 2. The largest absolute Gasteiger partial charge is 0.452 e. The summed E-state index contributed by atoms with van der Waals surface area (Å²) in [4.78, 5) is 26.2. The van der Waals surface area contributed by atoms with Crippen LogP contribution >= 0.6 is 34.5 Å². The average Bonchev–Trinajstić information content (AvgIpc) is 3.00. The molecular weight excluding hydrogens is 411 g/mol. The summed E-state index contributed by atoms with van der Waals surface area (Å²) in [6, 6.07) is 8.99. The Morgan fingerprint density at radius 3 is 2.52 bits per heavy atom. The van der Waals surface area contributed by atoms with E-state index in [0.717, 1.165) is 49.7 Å². The molecule has 9 heteroatoms. The number of hydrogen-bond donors (Lipinski definition) is 1. The zero-order valence-corrected chi connectivity index (χ0v) is 16.7. The maximum atomic E-state index is 12.0. The molecule has 6 nitrogen and oxygen atoms in total. The van der Waals surface area contributed by atoms with Crippen LogP contribution in [0.25, 0.3) is 0 Å². The number of nitrogens with zero attached hydrogens (tertiary/aromatic N) is 1. The number of halogens is 2. The third kappa shape index (κ3) is 5.92. The van der Waals surface area contributed by atoms with E-state index in [4.69, 9.17) is 32.7 Å². The van der Waals surface area contributed by atoms with Gasteiger partial charge >= 0.3 is 5.97 Å². The Morgan fingerprint density at radius 2 is 1.89 bits per heavy atom. The van der Waals surface area contributed by atoms with Crippen LogP contribution in [0.4, 0.5) is 5.69 Å². The fourth-order valence-corrected chi connectivity index (χ4v) is 4.04. The van der Waals surface area contributed by atoms with Crippen molar-refractivity contribution in [2.75, 3.05) is 38.2 Å². The highest BCUT2D eigenvalue weighted by Crippen LogP contribution is 2.31. The second kappa shape index (κ2) is 9.52. The predicted octanol–water partition coefficient (Wildman–Crippen LogP) is 3.68. The molecule has 1 aromatic carbocycles. The molecular formula is C18H18Cl2N2O4S. The van der Waals surface area contributed by atoms with Crippen LogP contribution in [-0.4, -0.2) is 49.7 Å². The fourth-order valence-electron chi connectivity index (χ4n) is 2.60. The quantitative estimate of drug-likeness (QED) is 0.710. The lowest BCUT2D eigenvalue weighted by Crippen LogP contribution is -2.35. The molecule has 0 atom stereocenters. The number of amides is 1. The molecule has 1 aliphatic heterocycles. The first-order valence-electron chi connectivity index (χ1n) is 8.32. The molecule has 1 amide bonds. The number of hydrogen-bond acceptors (Lipinski definition) is 6. The summed E-state index contributed by atoms with van der Waals surface area (Å²) in [5.41, 5.74) is 1.95. The number of carbonyl (C=O) groups excluding carboxylic acids is 2. The van der Waals surface area contributed by atoms with E-state index in [1.807, 2.05) is 24.3 Å². The van der Waals surface area contributed by atoms with E-state index in [1.165, 1.54) is 6.07 Å². The van der Waals surface area contributed by atoms with Crippen molar-refractivity contribution in [2.24, 2.45) is 0 Å². The summed E-state index contributed by atoms with van der Waals surface area (Å²) in [5.74, 6) is -1.11. The lowest BCUT2D eigenvalue weighted by molar-refractivity contribution is -0.119. The molecule has 1 N–H and O–H groups in total. The van der Waals surface area contributed by atoms with E-state index in [0.29, 0.717) is 10.0 Å². The molecule has 0 aliphatic carbocycles. The van der Waals surface area contributed by atoms with Gasteiger partial charge in [0, 0.05) is 25.3 Å². The number of esters is 1. The predicted molar refractivity (Wildman–Crippen MR) is 106 cm³/mol.